The number of aliphatic imine (C=N–C) groups is 2. The second kappa shape index (κ2) is 2.80. The van der Waals surface area contributed by atoms with Gasteiger partial charge >= 0.3 is 0 Å². The van der Waals surface area contributed by atoms with Crippen molar-refractivity contribution in [3.63, 3.8) is 0 Å². The van der Waals surface area contributed by atoms with Gasteiger partial charge in [-0.25, -0.2) is 4.99 Å². The van der Waals surface area contributed by atoms with Gasteiger partial charge in [-0.15, -0.1) is 0 Å². The van der Waals surface area contributed by atoms with Crippen LogP contribution in [-0.4, -0.2) is 18.8 Å². The Morgan fingerprint density at radius 2 is 2.14 bits per heavy atom. The van der Waals surface area contributed by atoms with Crippen molar-refractivity contribution in [1.29, 1.82) is 0 Å². The van der Waals surface area contributed by atoms with Crippen molar-refractivity contribution in [3.05, 3.63) is 35.9 Å². The van der Waals surface area contributed by atoms with Crippen molar-refractivity contribution < 1.29 is 4.74 Å². The molecule has 0 spiro atoms. The zero-order valence-electron chi connectivity index (χ0n) is 7.47. The van der Waals surface area contributed by atoms with E-state index in [2.05, 4.69) is 9.98 Å². The van der Waals surface area contributed by atoms with E-state index in [1.807, 2.05) is 30.3 Å². The predicted molar refractivity (Wildman–Crippen MR) is 56.0 cm³/mol. The molecule has 2 heterocycles. The zero-order chi connectivity index (χ0) is 9.38. The lowest BCUT2D eigenvalue weighted by Gasteiger charge is -2.00. The predicted octanol–water partition coefficient (Wildman–Crippen LogP) is 2.17. The number of hydrogen-bond acceptors (Lipinski definition) is 3. The van der Waals surface area contributed by atoms with Crippen molar-refractivity contribution in [2.45, 2.75) is 0 Å². The van der Waals surface area contributed by atoms with Gasteiger partial charge in [0.05, 0.1) is 5.69 Å². The SMILES string of the molecule is C1=NCOC2=Nc3ccccc3C2=C1. The van der Waals surface area contributed by atoms with Crippen molar-refractivity contribution in [2.24, 2.45) is 9.98 Å². The summed E-state index contributed by atoms with van der Waals surface area (Å²) in [5.74, 6) is 0.684. The number of hydrogen-bond donors (Lipinski definition) is 0. The molecule has 0 aliphatic carbocycles. The van der Waals surface area contributed by atoms with Gasteiger partial charge < -0.3 is 4.74 Å². The minimum atomic E-state index is 0.354. The van der Waals surface area contributed by atoms with Crippen molar-refractivity contribution in [3.8, 4) is 0 Å². The van der Waals surface area contributed by atoms with Gasteiger partial charge in [-0.05, 0) is 12.1 Å². The number of nitrogens with zero attached hydrogens (tertiary/aromatic N) is 2. The Balaban J connectivity index is 2.20. The number of para-hydroxylation sites is 1. The molecule has 2 aliphatic rings. The Morgan fingerprint density at radius 3 is 3.14 bits per heavy atom. The van der Waals surface area contributed by atoms with Crippen LogP contribution in [0.25, 0.3) is 5.57 Å². The summed E-state index contributed by atoms with van der Waals surface area (Å²) < 4.78 is 5.39. The summed E-state index contributed by atoms with van der Waals surface area (Å²) in [5, 5.41) is 0. The molecule has 0 saturated carbocycles. The normalized spacial score (nSPS) is 17.4. The molecule has 1 aromatic carbocycles. The highest BCUT2D eigenvalue weighted by molar-refractivity contribution is 6.27. The largest absolute Gasteiger partial charge is 0.454 e. The summed E-state index contributed by atoms with van der Waals surface area (Å²) in [7, 11) is 0. The molecule has 0 N–H and O–H groups in total. The fourth-order valence-corrected chi connectivity index (χ4v) is 1.62. The highest BCUT2D eigenvalue weighted by Crippen LogP contribution is 2.34. The Hall–Kier alpha value is -1.90. The van der Waals surface area contributed by atoms with E-state index in [0.717, 1.165) is 16.8 Å². The van der Waals surface area contributed by atoms with E-state index < -0.39 is 0 Å². The quantitative estimate of drug-likeness (QED) is 0.608. The Labute approximate surface area is 81.5 Å². The third kappa shape index (κ3) is 0.988. The fourth-order valence-electron chi connectivity index (χ4n) is 1.62. The molecule has 0 radical (unpaired) electrons. The Morgan fingerprint density at radius 1 is 1.21 bits per heavy atom. The van der Waals surface area contributed by atoms with E-state index in [4.69, 9.17) is 4.74 Å². The lowest BCUT2D eigenvalue weighted by atomic mass is 10.1. The summed E-state index contributed by atoms with van der Waals surface area (Å²) in [5.41, 5.74) is 3.13. The van der Waals surface area contributed by atoms with Crippen LogP contribution in [-0.2, 0) is 4.74 Å². The number of fused-ring (bicyclic) bond motifs is 3. The highest BCUT2D eigenvalue weighted by Gasteiger charge is 2.21. The molecule has 68 valence electrons. The monoisotopic (exact) mass is 184 g/mol. The maximum absolute atomic E-state index is 5.39. The molecule has 0 fully saturated rings. The first-order chi connectivity index (χ1) is 6.95. The van der Waals surface area contributed by atoms with Crippen LogP contribution in [0.5, 0.6) is 0 Å². The standard InChI is InChI=1S/C11H8N2O/c1-2-4-10-8(3-1)9-5-6-12-7-14-11(9)13-10/h1-6H,7H2. The topological polar surface area (TPSA) is 34.0 Å². The highest BCUT2D eigenvalue weighted by atomic mass is 16.5. The number of benzene rings is 1. The van der Waals surface area contributed by atoms with E-state index in [9.17, 15) is 0 Å². The van der Waals surface area contributed by atoms with E-state index >= 15 is 0 Å². The summed E-state index contributed by atoms with van der Waals surface area (Å²) >= 11 is 0. The van der Waals surface area contributed by atoms with Crippen molar-refractivity contribution in [1.82, 2.24) is 0 Å². The van der Waals surface area contributed by atoms with Crippen LogP contribution in [0.3, 0.4) is 0 Å². The average molecular weight is 184 g/mol. The third-order valence-electron chi connectivity index (χ3n) is 2.27. The lowest BCUT2D eigenvalue weighted by Crippen LogP contribution is -2.01. The van der Waals surface area contributed by atoms with Crippen molar-refractivity contribution >= 4 is 23.4 Å². The van der Waals surface area contributed by atoms with Gasteiger partial charge in [0, 0.05) is 17.4 Å². The number of allylic oxidation sites excluding steroid dienone is 1. The van der Waals surface area contributed by atoms with Crippen LogP contribution in [0.15, 0.2) is 40.3 Å². The molecule has 0 amide bonds. The average Bonchev–Trinajstić information content (AvgIpc) is 2.42. The van der Waals surface area contributed by atoms with Gasteiger partial charge in [0.15, 0.2) is 6.73 Å². The summed E-state index contributed by atoms with van der Waals surface area (Å²) in [4.78, 5) is 8.40. The minimum Gasteiger partial charge on any atom is -0.454 e. The summed E-state index contributed by atoms with van der Waals surface area (Å²) in [6.07, 6.45) is 3.71. The lowest BCUT2D eigenvalue weighted by molar-refractivity contribution is 0.325. The summed E-state index contributed by atoms with van der Waals surface area (Å²) in [6, 6.07) is 8.00. The Kier molecular flexibility index (Phi) is 1.50. The molecule has 3 nitrogen and oxygen atoms in total. The first kappa shape index (κ1) is 7.50. The molecule has 3 rings (SSSR count). The molecule has 0 bridgehead atoms. The van der Waals surface area contributed by atoms with E-state index in [1.54, 1.807) is 6.21 Å². The molecular formula is C11H8N2O. The van der Waals surface area contributed by atoms with Crippen LogP contribution in [0.4, 0.5) is 5.69 Å². The van der Waals surface area contributed by atoms with Crippen LogP contribution >= 0.6 is 0 Å². The molecule has 0 aromatic heterocycles. The maximum atomic E-state index is 5.39. The Bertz CT molecular complexity index is 472. The zero-order valence-corrected chi connectivity index (χ0v) is 7.47. The van der Waals surface area contributed by atoms with Crippen LogP contribution < -0.4 is 0 Å². The molecule has 1 aromatic rings. The maximum Gasteiger partial charge on any atom is 0.223 e. The molecule has 0 unspecified atom stereocenters. The second-order valence-corrected chi connectivity index (χ2v) is 3.12. The van der Waals surface area contributed by atoms with Gasteiger partial charge in [0.25, 0.3) is 0 Å². The first-order valence-electron chi connectivity index (χ1n) is 4.46. The van der Waals surface area contributed by atoms with Gasteiger partial charge in [-0.1, -0.05) is 18.2 Å². The molecule has 0 atom stereocenters. The smallest absolute Gasteiger partial charge is 0.223 e. The first-order valence-corrected chi connectivity index (χ1v) is 4.46. The van der Waals surface area contributed by atoms with Crippen LogP contribution in [0.1, 0.15) is 5.56 Å². The summed E-state index contributed by atoms with van der Waals surface area (Å²) in [6.45, 7) is 0.354. The van der Waals surface area contributed by atoms with Crippen molar-refractivity contribution in [2.75, 3.05) is 6.73 Å². The van der Waals surface area contributed by atoms with Crippen LogP contribution in [0.2, 0.25) is 0 Å². The van der Waals surface area contributed by atoms with E-state index in [1.165, 1.54) is 0 Å². The van der Waals surface area contributed by atoms with Gasteiger partial charge in [0.2, 0.25) is 5.90 Å². The molecular weight excluding hydrogens is 176 g/mol. The van der Waals surface area contributed by atoms with Gasteiger partial charge in [0.1, 0.15) is 0 Å². The minimum absolute atomic E-state index is 0.354. The number of rotatable bonds is 0. The van der Waals surface area contributed by atoms with E-state index in [-0.39, 0.29) is 0 Å². The van der Waals surface area contributed by atoms with Gasteiger partial charge in [-0.3, -0.25) is 4.99 Å². The van der Waals surface area contributed by atoms with E-state index in [0.29, 0.717) is 12.6 Å². The van der Waals surface area contributed by atoms with Crippen LogP contribution in [0, 0.1) is 0 Å². The third-order valence-corrected chi connectivity index (χ3v) is 2.27. The second-order valence-electron chi connectivity index (χ2n) is 3.12. The molecule has 2 aliphatic heterocycles. The molecule has 14 heavy (non-hydrogen) atoms. The molecule has 0 saturated heterocycles. The number of ether oxygens (including phenoxy) is 1. The molecule has 3 heteroatoms. The fraction of sp³-hybridized carbons (Fsp3) is 0.0909. The van der Waals surface area contributed by atoms with Gasteiger partial charge in [-0.2, -0.15) is 0 Å².